The predicted molar refractivity (Wildman–Crippen MR) is 62.3 cm³/mol. The number of aliphatic carboxylic acids is 1. The number of hydrogen-bond donors (Lipinski definition) is 1. The monoisotopic (exact) mass is 265 g/mol. The second kappa shape index (κ2) is 6.32. The molecule has 0 aromatic heterocycles. The van der Waals surface area contributed by atoms with Gasteiger partial charge in [0.15, 0.2) is 0 Å². The Hall–Kier alpha value is -0.660. The molecule has 1 aliphatic rings. The van der Waals surface area contributed by atoms with Crippen molar-refractivity contribution in [1.82, 2.24) is 4.31 Å². The summed E-state index contributed by atoms with van der Waals surface area (Å²) in [4.78, 5) is 10.4. The summed E-state index contributed by atoms with van der Waals surface area (Å²) in [5.74, 6) is -1.40. The zero-order valence-corrected chi connectivity index (χ0v) is 10.8. The maximum atomic E-state index is 11.8. The number of rotatable bonds is 6. The third kappa shape index (κ3) is 4.61. The number of carboxylic acids is 1. The van der Waals surface area contributed by atoms with Crippen molar-refractivity contribution in [3.8, 4) is 0 Å². The highest BCUT2D eigenvalue weighted by Gasteiger charge is 2.28. The van der Waals surface area contributed by atoms with Gasteiger partial charge in [0.1, 0.15) is 0 Å². The van der Waals surface area contributed by atoms with E-state index in [1.807, 2.05) is 6.92 Å². The Morgan fingerprint density at radius 3 is 2.47 bits per heavy atom. The van der Waals surface area contributed by atoms with Crippen molar-refractivity contribution in [2.45, 2.75) is 32.3 Å². The zero-order chi connectivity index (χ0) is 12.9. The number of piperidine rings is 1. The molecule has 0 aliphatic carbocycles. The molecule has 17 heavy (non-hydrogen) atoms. The van der Waals surface area contributed by atoms with Crippen molar-refractivity contribution in [2.75, 3.05) is 25.4 Å². The summed E-state index contributed by atoms with van der Waals surface area (Å²) in [6.45, 7) is 3.39. The lowest BCUT2D eigenvalue weighted by Gasteiger charge is -2.30. The lowest BCUT2D eigenvalue weighted by atomic mass is 10.1. The van der Waals surface area contributed by atoms with E-state index in [1.165, 1.54) is 4.31 Å². The van der Waals surface area contributed by atoms with Crippen LogP contribution in [0.5, 0.6) is 0 Å². The summed E-state index contributed by atoms with van der Waals surface area (Å²) in [5.41, 5.74) is 0. The molecule has 0 bridgehead atoms. The first kappa shape index (κ1) is 14.4. The molecule has 100 valence electrons. The Bertz CT molecular complexity index is 346. The van der Waals surface area contributed by atoms with Crippen LogP contribution in [-0.4, -0.2) is 55.4 Å². The van der Waals surface area contributed by atoms with E-state index in [9.17, 15) is 13.2 Å². The minimum atomic E-state index is -3.42. The van der Waals surface area contributed by atoms with Gasteiger partial charge < -0.3 is 9.84 Å². The highest BCUT2D eigenvalue weighted by Crippen LogP contribution is 2.17. The van der Waals surface area contributed by atoms with Crippen molar-refractivity contribution in [1.29, 1.82) is 0 Å². The number of ether oxygens (including phenoxy) is 1. The van der Waals surface area contributed by atoms with E-state index >= 15 is 0 Å². The van der Waals surface area contributed by atoms with Crippen molar-refractivity contribution in [3.05, 3.63) is 0 Å². The van der Waals surface area contributed by atoms with Gasteiger partial charge in [-0.1, -0.05) is 0 Å². The van der Waals surface area contributed by atoms with E-state index in [0.29, 0.717) is 32.5 Å². The lowest BCUT2D eigenvalue weighted by Crippen LogP contribution is -2.42. The first-order valence-electron chi connectivity index (χ1n) is 5.77. The SMILES string of the molecule is CCOC1CCN(S(=O)(=O)CCC(=O)O)CC1. The Labute approximate surface area is 102 Å². The number of sulfonamides is 1. The van der Waals surface area contributed by atoms with Gasteiger partial charge in [0.25, 0.3) is 0 Å². The lowest BCUT2D eigenvalue weighted by molar-refractivity contribution is -0.136. The van der Waals surface area contributed by atoms with E-state index in [4.69, 9.17) is 9.84 Å². The van der Waals surface area contributed by atoms with Gasteiger partial charge in [-0.25, -0.2) is 12.7 Å². The standard InChI is InChI=1S/C10H19NO5S/c1-2-16-9-3-6-11(7-4-9)17(14,15)8-5-10(12)13/h9H,2-8H2,1H3,(H,12,13). The molecule has 0 aromatic carbocycles. The van der Waals surface area contributed by atoms with E-state index in [2.05, 4.69) is 0 Å². The number of nitrogens with zero attached hydrogens (tertiary/aromatic N) is 1. The van der Waals surface area contributed by atoms with Crippen LogP contribution in [0, 0.1) is 0 Å². The van der Waals surface area contributed by atoms with Crippen molar-refractivity contribution < 1.29 is 23.1 Å². The van der Waals surface area contributed by atoms with Crippen molar-refractivity contribution >= 4 is 16.0 Å². The van der Waals surface area contributed by atoms with Crippen LogP contribution >= 0.6 is 0 Å². The zero-order valence-electron chi connectivity index (χ0n) is 9.96. The Morgan fingerprint density at radius 1 is 1.41 bits per heavy atom. The van der Waals surface area contributed by atoms with Gasteiger partial charge in [-0.15, -0.1) is 0 Å². The van der Waals surface area contributed by atoms with E-state index in [0.717, 1.165) is 0 Å². The second-order valence-corrected chi connectivity index (χ2v) is 6.10. The normalized spacial score (nSPS) is 19.4. The summed E-state index contributed by atoms with van der Waals surface area (Å²) in [5, 5.41) is 8.48. The number of carbonyl (C=O) groups is 1. The minimum absolute atomic E-state index is 0.130. The first-order chi connectivity index (χ1) is 7.95. The van der Waals surface area contributed by atoms with Crippen molar-refractivity contribution in [2.24, 2.45) is 0 Å². The Balaban J connectivity index is 2.44. The fourth-order valence-electron chi connectivity index (χ4n) is 1.86. The maximum absolute atomic E-state index is 11.8. The topological polar surface area (TPSA) is 83.9 Å². The summed E-state index contributed by atoms with van der Waals surface area (Å²) < 4.78 is 30.3. The van der Waals surface area contributed by atoms with Gasteiger partial charge in [-0.05, 0) is 19.8 Å². The fourth-order valence-corrected chi connectivity index (χ4v) is 3.32. The molecule has 1 rings (SSSR count). The molecule has 1 aliphatic heterocycles. The predicted octanol–water partition coefficient (Wildman–Crippen LogP) is 0.292. The average molecular weight is 265 g/mol. The molecule has 0 saturated carbocycles. The van der Waals surface area contributed by atoms with Crippen LogP contribution in [0.25, 0.3) is 0 Å². The molecule has 0 spiro atoms. The maximum Gasteiger partial charge on any atom is 0.304 e. The summed E-state index contributed by atoms with van der Waals surface area (Å²) in [6.07, 6.45) is 1.15. The van der Waals surface area contributed by atoms with Crippen LogP contribution in [0.4, 0.5) is 0 Å². The molecule has 0 radical (unpaired) electrons. The minimum Gasteiger partial charge on any atom is -0.481 e. The van der Waals surface area contributed by atoms with E-state index < -0.39 is 16.0 Å². The van der Waals surface area contributed by atoms with Crippen LogP contribution < -0.4 is 0 Å². The summed E-state index contributed by atoms with van der Waals surface area (Å²) >= 11 is 0. The fraction of sp³-hybridized carbons (Fsp3) is 0.900. The van der Waals surface area contributed by atoms with Crippen LogP contribution in [0.1, 0.15) is 26.2 Å². The molecule has 1 saturated heterocycles. The largest absolute Gasteiger partial charge is 0.481 e. The molecule has 0 atom stereocenters. The van der Waals surface area contributed by atoms with Crippen LogP contribution in [0.3, 0.4) is 0 Å². The van der Waals surface area contributed by atoms with E-state index in [-0.39, 0.29) is 18.3 Å². The molecule has 0 aromatic rings. The number of carboxylic acid groups (broad SMARTS) is 1. The van der Waals surface area contributed by atoms with Crippen LogP contribution in [-0.2, 0) is 19.6 Å². The molecule has 1 N–H and O–H groups in total. The van der Waals surface area contributed by atoms with Gasteiger partial charge in [0.2, 0.25) is 10.0 Å². The quantitative estimate of drug-likeness (QED) is 0.746. The van der Waals surface area contributed by atoms with Gasteiger partial charge in [-0.3, -0.25) is 4.79 Å². The van der Waals surface area contributed by atoms with Gasteiger partial charge >= 0.3 is 5.97 Å². The summed E-state index contributed by atoms with van der Waals surface area (Å²) in [6, 6.07) is 0. The molecule has 6 nitrogen and oxygen atoms in total. The molecule has 7 heteroatoms. The summed E-state index contributed by atoms with van der Waals surface area (Å²) in [7, 11) is -3.42. The van der Waals surface area contributed by atoms with Gasteiger partial charge in [0, 0.05) is 19.7 Å². The Morgan fingerprint density at radius 2 is 2.00 bits per heavy atom. The molecular formula is C10H19NO5S. The Kier molecular flexibility index (Phi) is 5.35. The smallest absolute Gasteiger partial charge is 0.304 e. The second-order valence-electron chi connectivity index (χ2n) is 4.01. The van der Waals surface area contributed by atoms with Crippen LogP contribution in [0.2, 0.25) is 0 Å². The third-order valence-electron chi connectivity index (χ3n) is 2.77. The highest BCUT2D eigenvalue weighted by molar-refractivity contribution is 7.89. The highest BCUT2D eigenvalue weighted by atomic mass is 32.2. The van der Waals surface area contributed by atoms with E-state index in [1.54, 1.807) is 0 Å². The van der Waals surface area contributed by atoms with Crippen LogP contribution in [0.15, 0.2) is 0 Å². The molecule has 0 amide bonds. The van der Waals surface area contributed by atoms with Gasteiger partial charge in [-0.2, -0.15) is 0 Å². The molecular weight excluding hydrogens is 246 g/mol. The third-order valence-corrected chi connectivity index (χ3v) is 4.64. The average Bonchev–Trinajstić information content (AvgIpc) is 2.28. The molecule has 1 fully saturated rings. The first-order valence-corrected chi connectivity index (χ1v) is 7.38. The number of hydrogen-bond acceptors (Lipinski definition) is 4. The van der Waals surface area contributed by atoms with Gasteiger partial charge in [0.05, 0.1) is 18.3 Å². The molecule has 1 heterocycles. The van der Waals surface area contributed by atoms with Crippen molar-refractivity contribution in [3.63, 3.8) is 0 Å². The molecule has 0 unspecified atom stereocenters.